The molecule has 0 atom stereocenters. The maximum absolute atomic E-state index is 13.0. The summed E-state index contributed by atoms with van der Waals surface area (Å²) in [5, 5.41) is 7.90. The van der Waals surface area contributed by atoms with Gasteiger partial charge in [-0.3, -0.25) is 9.59 Å². The predicted octanol–water partition coefficient (Wildman–Crippen LogP) is 7.56. The van der Waals surface area contributed by atoms with E-state index in [1.54, 1.807) is 0 Å². The molecule has 0 unspecified atom stereocenters. The number of nitrogens with one attached hydrogen (secondary N) is 2. The number of carbonyl (C=O) groups is 2. The second-order valence-corrected chi connectivity index (χ2v) is 11.0. The van der Waals surface area contributed by atoms with E-state index in [2.05, 4.69) is 29.5 Å². The number of amides is 2. The highest BCUT2D eigenvalue weighted by atomic mass is 32.2. The predicted molar refractivity (Wildman–Crippen MR) is 151 cm³/mol. The van der Waals surface area contributed by atoms with Gasteiger partial charge in [-0.2, -0.15) is 0 Å². The van der Waals surface area contributed by atoms with Gasteiger partial charge in [0.15, 0.2) is 4.34 Å². The third-order valence-electron chi connectivity index (χ3n) is 5.85. The Morgan fingerprint density at radius 2 is 1.64 bits per heavy atom. The molecule has 5 nitrogen and oxygen atoms in total. The topological polar surface area (TPSA) is 71.1 Å². The Balaban J connectivity index is 1.23. The van der Waals surface area contributed by atoms with Gasteiger partial charge in [0, 0.05) is 16.9 Å². The molecule has 2 N–H and O–H groups in total. The first kappa shape index (κ1) is 24.0. The van der Waals surface area contributed by atoms with E-state index >= 15 is 0 Å². The Kier molecular flexibility index (Phi) is 7.02. The van der Waals surface area contributed by atoms with Gasteiger partial charge in [-0.25, -0.2) is 4.98 Å². The molecule has 7 heteroatoms. The first-order valence-corrected chi connectivity index (χ1v) is 13.5. The first-order chi connectivity index (χ1) is 17.5. The highest BCUT2D eigenvalue weighted by Crippen LogP contribution is 2.32. The average Bonchev–Trinajstić information content (AvgIpc) is 3.29. The number of nitrogens with zero attached hydrogens (tertiary/aromatic N) is 1. The highest BCUT2D eigenvalue weighted by molar-refractivity contribution is 8.01. The lowest BCUT2D eigenvalue weighted by atomic mass is 10.0. The second kappa shape index (κ2) is 10.5. The van der Waals surface area contributed by atoms with Gasteiger partial charge in [0.2, 0.25) is 5.91 Å². The summed E-state index contributed by atoms with van der Waals surface area (Å²) in [5.41, 5.74) is 4.22. The molecule has 1 aromatic heterocycles. The molecule has 0 fully saturated rings. The molecule has 0 saturated heterocycles. The smallest absolute Gasteiger partial charge is 0.256 e. The molecule has 5 aromatic rings. The van der Waals surface area contributed by atoms with Crippen molar-refractivity contribution < 1.29 is 9.59 Å². The molecule has 0 spiro atoms. The van der Waals surface area contributed by atoms with Gasteiger partial charge in [0.25, 0.3) is 5.91 Å². The summed E-state index contributed by atoms with van der Waals surface area (Å²) in [6.07, 6.45) is 0. The van der Waals surface area contributed by atoms with Gasteiger partial charge >= 0.3 is 0 Å². The van der Waals surface area contributed by atoms with Crippen LogP contribution in [0.4, 0.5) is 11.4 Å². The normalized spacial score (nSPS) is 11.2. The monoisotopic (exact) mass is 511 g/mol. The fraction of sp³-hybridized carbons (Fsp3) is 0.138. The lowest BCUT2D eigenvalue weighted by Crippen LogP contribution is -2.13. The summed E-state index contributed by atoms with van der Waals surface area (Å²) in [4.78, 5) is 30.0. The zero-order valence-electron chi connectivity index (χ0n) is 19.9. The van der Waals surface area contributed by atoms with Gasteiger partial charge in [0.05, 0.1) is 16.0 Å². The average molecular weight is 512 g/mol. The fourth-order valence-corrected chi connectivity index (χ4v) is 5.85. The van der Waals surface area contributed by atoms with Crippen molar-refractivity contribution in [1.82, 2.24) is 4.98 Å². The van der Waals surface area contributed by atoms with E-state index in [1.165, 1.54) is 28.7 Å². The van der Waals surface area contributed by atoms with Crippen molar-refractivity contribution in [2.45, 2.75) is 24.1 Å². The van der Waals surface area contributed by atoms with Crippen molar-refractivity contribution in [2.24, 2.45) is 0 Å². The SMILES string of the molecule is CC(C)c1ccc(NC(=O)CSc2nc3ccc(NC(=O)c4cccc5ccccc45)cc3s2)cc1. The Morgan fingerprint density at radius 1 is 0.889 bits per heavy atom. The Labute approximate surface area is 218 Å². The summed E-state index contributed by atoms with van der Waals surface area (Å²) in [5.74, 6) is 0.510. The standard InChI is InChI=1S/C29H25N3O2S2/c1-18(2)19-10-12-21(13-11-19)30-27(33)17-35-29-32-25-15-14-22(16-26(25)36-29)31-28(34)24-9-5-7-20-6-3-4-8-23(20)24/h3-16,18H,17H2,1-2H3,(H,30,33)(H,31,34). The van der Waals surface area contributed by atoms with E-state index in [4.69, 9.17) is 0 Å². The minimum Gasteiger partial charge on any atom is -0.325 e. The van der Waals surface area contributed by atoms with Crippen molar-refractivity contribution in [3.63, 3.8) is 0 Å². The first-order valence-electron chi connectivity index (χ1n) is 11.7. The maximum atomic E-state index is 13.0. The van der Waals surface area contributed by atoms with Crippen LogP contribution in [0.2, 0.25) is 0 Å². The van der Waals surface area contributed by atoms with E-state index < -0.39 is 0 Å². The van der Waals surface area contributed by atoms with Gasteiger partial charge in [-0.15, -0.1) is 11.3 Å². The number of rotatable bonds is 7. The second-order valence-electron chi connectivity index (χ2n) is 8.76. The molecule has 1 heterocycles. The van der Waals surface area contributed by atoms with Crippen LogP contribution in [0.5, 0.6) is 0 Å². The third-order valence-corrected chi connectivity index (χ3v) is 8.01. The molecular weight excluding hydrogens is 486 g/mol. The quantitative estimate of drug-likeness (QED) is 0.221. The van der Waals surface area contributed by atoms with Crippen LogP contribution in [0.1, 0.15) is 35.7 Å². The molecule has 0 aliphatic heterocycles. The molecule has 0 bridgehead atoms. The minimum absolute atomic E-state index is 0.0698. The number of thiazole rings is 1. The molecule has 5 rings (SSSR count). The zero-order chi connectivity index (χ0) is 25.1. The Bertz CT molecular complexity index is 1550. The van der Waals surface area contributed by atoms with E-state index in [-0.39, 0.29) is 17.6 Å². The largest absolute Gasteiger partial charge is 0.325 e. The number of hydrogen-bond acceptors (Lipinski definition) is 5. The summed E-state index contributed by atoms with van der Waals surface area (Å²) < 4.78 is 1.77. The van der Waals surface area contributed by atoms with Gasteiger partial charge in [-0.05, 0) is 58.7 Å². The van der Waals surface area contributed by atoms with Crippen molar-refractivity contribution >= 4 is 67.3 Å². The summed E-state index contributed by atoms with van der Waals surface area (Å²) in [6, 6.07) is 27.2. The molecule has 0 radical (unpaired) electrons. The summed E-state index contributed by atoms with van der Waals surface area (Å²) in [6.45, 7) is 4.29. The van der Waals surface area contributed by atoms with Gasteiger partial charge in [-0.1, -0.05) is 74.1 Å². The lowest BCUT2D eigenvalue weighted by Gasteiger charge is -2.08. The van der Waals surface area contributed by atoms with Crippen molar-refractivity contribution in [3.05, 3.63) is 96.1 Å². The van der Waals surface area contributed by atoms with Crippen molar-refractivity contribution in [1.29, 1.82) is 0 Å². The van der Waals surface area contributed by atoms with Crippen LogP contribution in [0.3, 0.4) is 0 Å². The van der Waals surface area contributed by atoms with Crippen LogP contribution in [0, 0.1) is 0 Å². The minimum atomic E-state index is -0.150. The van der Waals surface area contributed by atoms with Crippen LogP contribution in [-0.4, -0.2) is 22.6 Å². The lowest BCUT2D eigenvalue weighted by molar-refractivity contribution is -0.113. The zero-order valence-corrected chi connectivity index (χ0v) is 21.6. The molecule has 2 amide bonds. The number of carbonyl (C=O) groups excluding carboxylic acids is 2. The maximum Gasteiger partial charge on any atom is 0.256 e. The van der Waals surface area contributed by atoms with Gasteiger partial charge in [0.1, 0.15) is 0 Å². The van der Waals surface area contributed by atoms with Gasteiger partial charge < -0.3 is 10.6 Å². The summed E-state index contributed by atoms with van der Waals surface area (Å²) >= 11 is 2.92. The third kappa shape index (κ3) is 5.42. The van der Waals surface area contributed by atoms with Crippen LogP contribution in [0.25, 0.3) is 21.0 Å². The molecule has 0 aliphatic rings. The van der Waals surface area contributed by atoms with E-state index in [9.17, 15) is 9.59 Å². The Morgan fingerprint density at radius 3 is 2.44 bits per heavy atom. The number of fused-ring (bicyclic) bond motifs is 2. The van der Waals surface area contributed by atoms with E-state index in [0.717, 1.165) is 31.0 Å². The molecule has 0 aliphatic carbocycles. The van der Waals surface area contributed by atoms with Crippen molar-refractivity contribution in [3.8, 4) is 0 Å². The van der Waals surface area contributed by atoms with Crippen LogP contribution in [-0.2, 0) is 4.79 Å². The van der Waals surface area contributed by atoms with E-state index in [0.29, 0.717) is 17.2 Å². The number of hydrogen-bond donors (Lipinski definition) is 2. The van der Waals surface area contributed by atoms with Crippen LogP contribution in [0.15, 0.2) is 89.3 Å². The molecular formula is C29H25N3O2S2. The van der Waals surface area contributed by atoms with Crippen molar-refractivity contribution in [2.75, 3.05) is 16.4 Å². The number of anilines is 2. The molecule has 0 saturated carbocycles. The fourth-order valence-electron chi connectivity index (χ4n) is 3.94. The molecule has 4 aromatic carbocycles. The Hall–Kier alpha value is -3.68. The summed E-state index contributed by atoms with van der Waals surface area (Å²) in [7, 11) is 0. The molecule has 180 valence electrons. The van der Waals surface area contributed by atoms with Crippen LogP contribution < -0.4 is 10.6 Å². The number of thioether (sulfide) groups is 1. The number of aromatic nitrogens is 1. The molecule has 36 heavy (non-hydrogen) atoms. The number of benzene rings is 4. The van der Waals surface area contributed by atoms with E-state index in [1.807, 2.05) is 84.9 Å². The van der Waals surface area contributed by atoms with Crippen LogP contribution >= 0.6 is 23.1 Å². The highest BCUT2D eigenvalue weighted by Gasteiger charge is 2.12.